The number of carbonyl (C=O) groups excluding carboxylic acids is 1. The molecular weight excluding hydrogens is 541 g/mol. The van der Waals surface area contributed by atoms with Crippen LogP contribution in [0.1, 0.15) is 24.6 Å². The lowest BCUT2D eigenvalue weighted by Crippen LogP contribution is -2.58. The van der Waals surface area contributed by atoms with E-state index in [1.807, 2.05) is 11.7 Å². The molecule has 2 amide bonds. The maximum absolute atomic E-state index is 13.5. The lowest BCUT2D eigenvalue weighted by Gasteiger charge is -2.36. The van der Waals surface area contributed by atoms with Gasteiger partial charge in [-0.1, -0.05) is 18.7 Å². The summed E-state index contributed by atoms with van der Waals surface area (Å²) in [5, 5.41) is 26.7. The Hall–Kier alpha value is -3.12. The number of anilines is 1. The number of allylic oxidation sites excluding steroid dienone is 1. The van der Waals surface area contributed by atoms with Crippen LogP contribution >= 0.6 is 23.5 Å². The highest BCUT2D eigenvalue weighted by Gasteiger charge is 2.39. The quantitative estimate of drug-likeness (QED) is 0.409. The number of hydrogen-bond acceptors (Lipinski definition) is 10. The number of nitriles is 1. The second-order valence-electron chi connectivity index (χ2n) is 9.99. The van der Waals surface area contributed by atoms with E-state index in [9.17, 15) is 19.6 Å². The first-order valence-electron chi connectivity index (χ1n) is 12.9. The van der Waals surface area contributed by atoms with Crippen molar-refractivity contribution in [2.24, 2.45) is 0 Å². The SMILES string of the molecule is CCc1nc2n(c1N(C)C1NC(c3ccc(F)cc3)=C(C#N)S1)NC(N1CCC(NC(=O)N3CC(O)C3)C1)S2. The number of nitrogens with zero attached hydrogens (tertiary/aromatic N) is 6. The zero-order chi connectivity index (χ0) is 27.3. The molecule has 39 heavy (non-hydrogen) atoms. The molecule has 11 nitrogen and oxygen atoms in total. The maximum atomic E-state index is 13.5. The van der Waals surface area contributed by atoms with Gasteiger partial charge in [-0.2, -0.15) is 5.26 Å². The minimum atomic E-state index is -0.410. The summed E-state index contributed by atoms with van der Waals surface area (Å²) in [7, 11) is 1.98. The number of imidazole rings is 1. The number of benzene rings is 1. The number of halogens is 1. The van der Waals surface area contributed by atoms with Crippen LogP contribution in [0.4, 0.5) is 15.0 Å². The summed E-state index contributed by atoms with van der Waals surface area (Å²) in [5.74, 6) is 0.603. The monoisotopic (exact) mass is 571 g/mol. The predicted molar refractivity (Wildman–Crippen MR) is 149 cm³/mol. The van der Waals surface area contributed by atoms with E-state index in [2.05, 4.69) is 38.9 Å². The largest absolute Gasteiger partial charge is 0.389 e. The molecule has 0 bridgehead atoms. The van der Waals surface area contributed by atoms with Gasteiger partial charge >= 0.3 is 6.03 Å². The third-order valence-corrected chi connectivity index (χ3v) is 9.66. The summed E-state index contributed by atoms with van der Waals surface area (Å²) < 4.78 is 15.5. The van der Waals surface area contributed by atoms with Crippen molar-refractivity contribution < 1.29 is 14.3 Å². The average molecular weight is 572 g/mol. The van der Waals surface area contributed by atoms with E-state index in [4.69, 9.17) is 4.98 Å². The third kappa shape index (κ3) is 4.88. The van der Waals surface area contributed by atoms with Gasteiger partial charge in [-0.3, -0.25) is 10.3 Å². The zero-order valence-electron chi connectivity index (χ0n) is 21.6. The molecule has 0 saturated carbocycles. The molecule has 4 aliphatic rings. The molecule has 5 heterocycles. The molecular formula is C25H30FN9O2S2. The highest BCUT2D eigenvalue weighted by atomic mass is 32.2. The summed E-state index contributed by atoms with van der Waals surface area (Å²) in [5.41, 5.74) is 5.73. The van der Waals surface area contributed by atoms with Crippen LogP contribution in [-0.4, -0.2) is 87.0 Å². The highest BCUT2D eigenvalue weighted by Crippen LogP contribution is 2.41. The van der Waals surface area contributed by atoms with Crippen LogP contribution in [0.5, 0.6) is 0 Å². The van der Waals surface area contributed by atoms with Crippen molar-refractivity contribution in [3.8, 4) is 6.07 Å². The van der Waals surface area contributed by atoms with Crippen molar-refractivity contribution in [1.82, 2.24) is 30.1 Å². The van der Waals surface area contributed by atoms with E-state index in [-0.39, 0.29) is 28.9 Å². The Morgan fingerprint density at radius 3 is 2.77 bits per heavy atom. The fourth-order valence-electron chi connectivity index (χ4n) is 5.22. The Balaban J connectivity index is 1.13. The Kier molecular flexibility index (Phi) is 7.00. The van der Waals surface area contributed by atoms with Gasteiger partial charge in [0.25, 0.3) is 0 Å². The number of amides is 2. The van der Waals surface area contributed by atoms with Crippen molar-refractivity contribution in [1.29, 1.82) is 5.26 Å². The first-order valence-corrected chi connectivity index (χ1v) is 14.7. The number of aryl methyl sites for hydroxylation is 1. The van der Waals surface area contributed by atoms with Crippen LogP contribution < -0.4 is 21.0 Å². The van der Waals surface area contributed by atoms with E-state index in [0.717, 1.165) is 48.2 Å². The summed E-state index contributed by atoms with van der Waals surface area (Å²) in [6, 6.07) is 8.36. The van der Waals surface area contributed by atoms with Gasteiger partial charge in [0.1, 0.15) is 22.3 Å². The number of carbonyl (C=O) groups is 1. The molecule has 4 aliphatic heterocycles. The van der Waals surface area contributed by atoms with Gasteiger partial charge in [-0.05, 0) is 54.4 Å². The van der Waals surface area contributed by atoms with E-state index >= 15 is 0 Å². The van der Waals surface area contributed by atoms with Crippen molar-refractivity contribution in [2.75, 3.05) is 43.6 Å². The molecule has 1 aromatic carbocycles. The number of thioether (sulfide) groups is 2. The van der Waals surface area contributed by atoms with Crippen LogP contribution in [-0.2, 0) is 6.42 Å². The van der Waals surface area contributed by atoms with Gasteiger partial charge in [-0.25, -0.2) is 18.8 Å². The van der Waals surface area contributed by atoms with Gasteiger partial charge in [0.2, 0.25) is 0 Å². The van der Waals surface area contributed by atoms with Gasteiger partial charge < -0.3 is 25.5 Å². The molecule has 0 spiro atoms. The lowest BCUT2D eigenvalue weighted by molar-refractivity contribution is 0.0258. The molecule has 0 aliphatic carbocycles. The molecule has 3 atom stereocenters. The maximum Gasteiger partial charge on any atom is 0.317 e. The minimum absolute atomic E-state index is 0.0231. The number of nitrogens with one attached hydrogen (secondary N) is 3. The second kappa shape index (κ2) is 10.5. The van der Waals surface area contributed by atoms with Gasteiger partial charge in [0, 0.05) is 26.2 Å². The molecule has 4 N–H and O–H groups in total. The molecule has 0 radical (unpaired) electrons. The van der Waals surface area contributed by atoms with E-state index in [1.54, 1.807) is 28.8 Å². The molecule has 3 unspecified atom stereocenters. The number of aliphatic hydroxyl groups excluding tert-OH is 1. The van der Waals surface area contributed by atoms with Crippen molar-refractivity contribution in [3.05, 3.63) is 46.2 Å². The molecule has 2 saturated heterocycles. The third-order valence-electron chi connectivity index (χ3n) is 7.36. The Labute approximate surface area is 234 Å². The van der Waals surface area contributed by atoms with Gasteiger partial charge in [0.15, 0.2) is 16.5 Å². The number of rotatable bonds is 6. The Bertz CT molecular complexity index is 1340. The number of likely N-dealkylation sites (tertiary alicyclic amines) is 2. The van der Waals surface area contributed by atoms with Crippen LogP contribution in [0.3, 0.4) is 0 Å². The van der Waals surface area contributed by atoms with E-state index < -0.39 is 6.10 Å². The predicted octanol–water partition coefficient (Wildman–Crippen LogP) is 1.93. The average Bonchev–Trinajstić information content (AvgIpc) is 3.69. The molecule has 14 heteroatoms. The number of hydrogen-bond donors (Lipinski definition) is 4. The first kappa shape index (κ1) is 26.1. The molecule has 2 fully saturated rings. The lowest BCUT2D eigenvalue weighted by atomic mass is 10.1. The van der Waals surface area contributed by atoms with Crippen LogP contribution in [0.15, 0.2) is 34.3 Å². The zero-order valence-corrected chi connectivity index (χ0v) is 23.2. The van der Waals surface area contributed by atoms with E-state index in [0.29, 0.717) is 23.7 Å². The smallest absolute Gasteiger partial charge is 0.317 e. The molecule has 1 aromatic heterocycles. The number of aromatic nitrogens is 2. The fraction of sp³-hybridized carbons (Fsp3) is 0.480. The summed E-state index contributed by atoms with van der Waals surface area (Å²) >= 11 is 3.07. The van der Waals surface area contributed by atoms with E-state index in [1.165, 1.54) is 23.9 Å². The fourth-order valence-corrected chi connectivity index (χ4v) is 7.33. The number of urea groups is 1. The Morgan fingerprint density at radius 2 is 2.08 bits per heavy atom. The van der Waals surface area contributed by atoms with Crippen molar-refractivity contribution in [3.63, 3.8) is 0 Å². The van der Waals surface area contributed by atoms with Gasteiger partial charge in [0.05, 0.1) is 30.6 Å². The molecule has 206 valence electrons. The van der Waals surface area contributed by atoms with Gasteiger partial charge in [-0.15, -0.1) is 0 Å². The first-order chi connectivity index (χ1) is 18.8. The summed E-state index contributed by atoms with van der Waals surface area (Å²) in [6.45, 7) is 4.42. The summed E-state index contributed by atoms with van der Waals surface area (Å²) in [4.78, 5) is 23.8. The van der Waals surface area contributed by atoms with Crippen LogP contribution in [0.2, 0.25) is 0 Å². The normalized spacial score (nSPS) is 24.7. The summed E-state index contributed by atoms with van der Waals surface area (Å²) in [6.07, 6.45) is 1.19. The highest BCUT2D eigenvalue weighted by molar-refractivity contribution is 8.04. The number of aliphatic hydroxyl groups is 1. The molecule has 2 aromatic rings. The van der Waals surface area contributed by atoms with Crippen molar-refractivity contribution in [2.45, 2.75) is 48.1 Å². The second-order valence-corrected chi connectivity index (χ2v) is 12.1. The van der Waals surface area contributed by atoms with Crippen LogP contribution in [0, 0.1) is 17.1 Å². The van der Waals surface area contributed by atoms with Crippen molar-refractivity contribution >= 4 is 41.1 Å². The number of β-amino-alcohol motifs (C(OH)–C–C–N with tert-alkyl or cyclic N) is 1. The number of fused-ring (bicyclic) bond motifs is 1. The molecule has 6 rings (SSSR count). The Morgan fingerprint density at radius 1 is 1.31 bits per heavy atom. The minimum Gasteiger partial charge on any atom is -0.389 e. The standard InChI is InChI=1S/C25H30FN9O2S2/c1-3-18-21(32(2)23-30-20(19(10-27)38-23)14-4-6-15(26)7-5-14)35-24(29-18)39-25(31-35)33-9-8-16(11-33)28-22(37)34-12-17(36)13-34/h4-7,16-17,23,25,30-31,36H,3,8-9,11-13H2,1-2H3,(H,28,37). The van der Waals surface area contributed by atoms with Crippen LogP contribution in [0.25, 0.3) is 5.70 Å². The topological polar surface area (TPSA) is 125 Å².